The molecule has 0 saturated carbocycles. The van der Waals surface area contributed by atoms with Crippen molar-refractivity contribution in [1.82, 2.24) is 0 Å². The normalized spacial score (nSPS) is 8.29. The molecule has 0 spiro atoms. The van der Waals surface area contributed by atoms with Gasteiger partial charge >= 0.3 is 0 Å². The molecule has 0 aromatic heterocycles. The minimum absolute atomic E-state index is 0. The average Bonchev–Trinajstić information content (AvgIpc) is 0.722. The SMILES string of the molecule is O.O=S(O)(O)=S.[Ti]. The van der Waals surface area contributed by atoms with Gasteiger partial charge < -0.3 is 5.48 Å². The van der Waals surface area contributed by atoms with Crippen LogP contribution in [0.15, 0.2) is 0 Å². The first-order chi connectivity index (χ1) is 2.00. The maximum atomic E-state index is 9.11. The summed E-state index contributed by atoms with van der Waals surface area (Å²) in [6, 6.07) is 0. The molecule has 7 heteroatoms. The molecular weight excluding hydrogens is 176 g/mol. The Morgan fingerprint density at radius 3 is 1.43 bits per heavy atom. The molecule has 0 fully saturated rings. The van der Waals surface area contributed by atoms with Crippen molar-refractivity contribution in [3.63, 3.8) is 0 Å². The zero-order chi connectivity index (χ0) is 4.50. The van der Waals surface area contributed by atoms with Crippen molar-refractivity contribution in [1.29, 1.82) is 0 Å². The molecule has 44 valence electrons. The third-order valence-corrected chi connectivity index (χ3v) is 0. The molecule has 4 N–H and O–H groups in total. The maximum Gasteiger partial charge on any atom is 0.263 e. The molecule has 0 aromatic rings. The van der Waals surface area contributed by atoms with Crippen molar-refractivity contribution in [2.24, 2.45) is 0 Å². The van der Waals surface area contributed by atoms with Crippen molar-refractivity contribution < 1.29 is 40.5 Å². The third kappa shape index (κ3) is 185. The summed E-state index contributed by atoms with van der Waals surface area (Å²) < 4.78 is 24.0. The molecule has 4 nitrogen and oxygen atoms in total. The quantitative estimate of drug-likeness (QED) is 0.460. The molecule has 0 aliphatic carbocycles. The van der Waals surface area contributed by atoms with Gasteiger partial charge in [-0.15, -0.1) is 0 Å². The summed E-state index contributed by atoms with van der Waals surface area (Å²) in [4.78, 5) is 0. The Morgan fingerprint density at radius 1 is 1.43 bits per heavy atom. The predicted octanol–water partition coefficient (Wildman–Crippen LogP) is -1.15. The molecule has 0 heterocycles. The fourth-order valence-electron chi connectivity index (χ4n) is 0. The summed E-state index contributed by atoms with van der Waals surface area (Å²) in [5.74, 6) is 0. The van der Waals surface area contributed by atoms with Crippen LogP contribution >= 0.6 is 0 Å². The molecule has 0 saturated heterocycles. The second kappa shape index (κ2) is 5.11. The van der Waals surface area contributed by atoms with Gasteiger partial charge in [-0.05, 0) is 0 Å². The van der Waals surface area contributed by atoms with Gasteiger partial charge in [0.15, 0.2) is 0 Å². The van der Waals surface area contributed by atoms with Gasteiger partial charge in [-0.2, -0.15) is 4.21 Å². The number of hydrogen-bond donors (Lipinski definition) is 2. The second-order valence-electron chi connectivity index (χ2n) is 0.448. The Morgan fingerprint density at radius 2 is 1.43 bits per heavy atom. The van der Waals surface area contributed by atoms with Gasteiger partial charge in [-0.3, -0.25) is 9.11 Å². The first-order valence-corrected chi connectivity index (χ1v) is 3.10. The zero-order valence-electron chi connectivity index (χ0n) is 3.12. The maximum absolute atomic E-state index is 9.11. The summed E-state index contributed by atoms with van der Waals surface area (Å²) in [7, 11) is -3.83. The minimum Gasteiger partial charge on any atom is -0.412 e. The van der Waals surface area contributed by atoms with E-state index in [2.05, 4.69) is 11.2 Å². The van der Waals surface area contributed by atoms with Crippen LogP contribution in [-0.4, -0.2) is 18.8 Å². The molecule has 0 aromatic carbocycles. The van der Waals surface area contributed by atoms with Crippen LogP contribution in [0.4, 0.5) is 0 Å². The van der Waals surface area contributed by atoms with Crippen LogP contribution in [0.25, 0.3) is 0 Å². The molecule has 0 aliphatic rings. The van der Waals surface area contributed by atoms with Crippen molar-refractivity contribution in [3.8, 4) is 0 Å². The molecular formula is H4O4S2Ti. The van der Waals surface area contributed by atoms with Crippen LogP contribution in [-0.2, 0) is 42.0 Å². The first-order valence-electron chi connectivity index (χ1n) is 0.698. The van der Waals surface area contributed by atoms with Crippen molar-refractivity contribution in [2.75, 3.05) is 0 Å². The van der Waals surface area contributed by atoms with Crippen LogP contribution in [0, 0.1) is 0 Å². The molecule has 0 amide bonds. The first kappa shape index (κ1) is 15.7. The molecule has 0 atom stereocenters. The van der Waals surface area contributed by atoms with Crippen molar-refractivity contribution in [3.05, 3.63) is 0 Å². The van der Waals surface area contributed by atoms with Crippen molar-refractivity contribution >= 4 is 20.2 Å². The topological polar surface area (TPSA) is 89.0 Å². The van der Waals surface area contributed by atoms with E-state index in [0.29, 0.717) is 0 Å². The van der Waals surface area contributed by atoms with E-state index in [-0.39, 0.29) is 27.2 Å². The van der Waals surface area contributed by atoms with E-state index in [1.165, 1.54) is 0 Å². The Labute approximate surface area is 60.8 Å². The second-order valence-corrected chi connectivity index (χ2v) is 2.65. The fraction of sp³-hybridized carbons (Fsp3) is 0. The summed E-state index contributed by atoms with van der Waals surface area (Å²) in [6.45, 7) is 0. The van der Waals surface area contributed by atoms with Crippen LogP contribution < -0.4 is 0 Å². The minimum atomic E-state index is -3.83. The summed E-state index contributed by atoms with van der Waals surface area (Å²) in [5, 5.41) is 0. The number of hydrogen-bond acceptors (Lipinski definition) is 2. The van der Waals surface area contributed by atoms with E-state index in [9.17, 15) is 0 Å². The Kier molecular flexibility index (Phi) is 11.4. The third-order valence-electron chi connectivity index (χ3n) is 0. The molecule has 0 unspecified atom stereocenters. The number of rotatable bonds is 0. The van der Waals surface area contributed by atoms with Crippen LogP contribution in [0.1, 0.15) is 0 Å². The van der Waals surface area contributed by atoms with E-state index < -0.39 is 9.05 Å². The van der Waals surface area contributed by atoms with Crippen LogP contribution in [0.3, 0.4) is 0 Å². The predicted molar refractivity (Wildman–Crippen MR) is 24.4 cm³/mol. The van der Waals surface area contributed by atoms with Gasteiger partial charge in [-0.1, -0.05) is 0 Å². The summed E-state index contributed by atoms with van der Waals surface area (Å²) >= 11 is 3.47. The van der Waals surface area contributed by atoms with Gasteiger partial charge in [0, 0.05) is 32.9 Å². The summed E-state index contributed by atoms with van der Waals surface area (Å²) in [6.07, 6.45) is 0. The Bertz CT molecular complexity index is 92.9. The molecule has 0 radical (unpaired) electrons. The fourth-order valence-corrected chi connectivity index (χ4v) is 0. The van der Waals surface area contributed by atoms with Gasteiger partial charge in [-0.25, -0.2) is 0 Å². The molecule has 0 rings (SSSR count). The largest absolute Gasteiger partial charge is 0.412 e. The standard InChI is InChI=1S/H2O3S2.H2O.Ti/c1-5(2,3)4;;/h(H2,1,2,3,4);1H2;. The van der Waals surface area contributed by atoms with Crippen molar-refractivity contribution in [2.45, 2.75) is 0 Å². The van der Waals surface area contributed by atoms with E-state index >= 15 is 0 Å². The average molecular weight is 180 g/mol. The van der Waals surface area contributed by atoms with Crippen LogP contribution in [0.2, 0.25) is 0 Å². The summed E-state index contributed by atoms with van der Waals surface area (Å²) in [5.41, 5.74) is 0. The van der Waals surface area contributed by atoms with Crippen LogP contribution in [0.5, 0.6) is 0 Å². The Hall–Kier alpha value is 0.964. The van der Waals surface area contributed by atoms with Gasteiger partial charge in [0.1, 0.15) is 0 Å². The van der Waals surface area contributed by atoms with E-state index in [1.54, 1.807) is 0 Å². The van der Waals surface area contributed by atoms with Gasteiger partial charge in [0.25, 0.3) is 9.05 Å². The van der Waals surface area contributed by atoms with E-state index in [0.717, 1.165) is 0 Å². The van der Waals surface area contributed by atoms with Gasteiger partial charge in [0.05, 0.1) is 0 Å². The zero-order valence-corrected chi connectivity index (χ0v) is 6.31. The monoisotopic (exact) mass is 180 g/mol. The molecule has 0 aliphatic heterocycles. The van der Waals surface area contributed by atoms with E-state index in [1.807, 2.05) is 0 Å². The molecule has 0 bridgehead atoms. The smallest absolute Gasteiger partial charge is 0.263 e. The van der Waals surface area contributed by atoms with E-state index in [4.69, 9.17) is 13.3 Å². The van der Waals surface area contributed by atoms with Gasteiger partial charge in [0.2, 0.25) is 0 Å². The molecule has 7 heavy (non-hydrogen) atoms. The Balaban J connectivity index is -0.0000000800.